The van der Waals surface area contributed by atoms with Crippen molar-refractivity contribution in [3.05, 3.63) is 93.8 Å². The summed E-state index contributed by atoms with van der Waals surface area (Å²) in [6.07, 6.45) is 4.92. The number of carbonyl (C=O) groups excluding carboxylic acids is 1. The molecule has 3 heterocycles. The van der Waals surface area contributed by atoms with E-state index in [1.165, 1.54) is 22.3 Å². The molecule has 8 nitrogen and oxygen atoms in total. The standard InChI is InChI=1S/C27H22ClN5O3S/c1-16-5-7-22(17(2)12-16)35-10-11-36-23-8-6-18(14-21(23)28)13-20-24(29)33-27(31-25(20)34)37-26(32-33)19-4-3-9-30-15-19/h3-9,12-15,29H,10-11H2,1-2H3. The Bertz CT molecular complexity index is 1490. The molecular formula is C27H22ClN5O3S. The minimum Gasteiger partial charge on any atom is -0.490 e. The number of nitrogens with one attached hydrogen (secondary N) is 1. The Kier molecular flexibility index (Phi) is 7.07. The van der Waals surface area contributed by atoms with Crippen molar-refractivity contribution in [2.45, 2.75) is 13.8 Å². The van der Waals surface area contributed by atoms with Gasteiger partial charge in [-0.25, -0.2) is 0 Å². The van der Waals surface area contributed by atoms with Crippen LogP contribution in [0, 0.1) is 19.3 Å². The van der Waals surface area contributed by atoms with Gasteiger partial charge in [0.15, 0.2) is 5.84 Å². The Hall–Kier alpha value is -3.95. The van der Waals surface area contributed by atoms with Crippen LogP contribution < -0.4 is 9.47 Å². The Morgan fingerprint density at radius 3 is 2.59 bits per heavy atom. The van der Waals surface area contributed by atoms with Crippen molar-refractivity contribution in [3.8, 4) is 11.5 Å². The molecule has 0 unspecified atom stereocenters. The van der Waals surface area contributed by atoms with E-state index in [1.807, 2.05) is 32.0 Å². The summed E-state index contributed by atoms with van der Waals surface area (Å²) < 4.78 is 11.6. The number of rotatable bonds is 7. The van der Waals surface area contributed by atoms with E-state index in [1.54, 1.807) is 42.7 Å². The first-order valence-corrected chi connectivity index (χ1v) is 12.6. The van der Waals surface area contributed by atoms with Gasteiger partial charge in [-0.2, -0.15) is 15.1 Å². The molecule has 5 rings (SSSR count). The van der Waals surface area contributed by atoms with Gasteiger partial charge in [0.05, 0.1) is 10.6 Å². The lowest BCUT2D eigenvalue weighted by atomic mass is 10.1. The summed E-state index contributed by atoms with van der Waals surface area (Å²) in [5, 5.41) is 15.7. The Balaban J connectivity index is 1.25. The average molecular weight is 532 g/mol. The van der Waals surface area contributed by atoms with Gasteiger partial charge >= 0.3 is 0 Å². The van der Waals surface area contributed by atoms with Crippen LogP contribution in [0.3, 0.4) is 0 Å². The van der Waals surface area contributed by atoms with Gasteiger partial charge < -0.3 is 9.47 Å². The summed E-state index contributed by atoms with van der Waals surface area (Å²) in [5.74, 6) is 0.758. The third-order valence-corrected chi connectivity index (χ3v) is 6.81. The van der Waals surface area contributed by atoms with Gasteiger partial charge in [0.2, 0.25) is 5.17 Å². The molecule has 186 valence electrons. The predicted octanol–water partition coefficient (Wildman–Crippen LogP) is 5.48. The summed E-state index contributed by atoms with van der Waals surface area (Å²) in [4.78, 5) is 20.9. The molecule has 2 aromatic carbocycles. The number of aryl methyl sites for hydroxylation is 2. The van der Waals surface area contributed by atoms with Crippen molar-refractivity contribution in [1.29, 1.82) is 5.41 Å². The van der Waals surface area contributed by atoms with Crippen molar-refractivity contribution in [1.82, 2.24) is 9.99 Å². The summed E-state index contributed by atoms with van der Waals surface area (Å²) in [6, 6.07) is 14.9. The van der Waals surface area contributed by atoms with E-state index in [4.69, 9.17) is 26.5 Å². The van der Waals surface area contributed by atoms with E-state index >= 15 is 0 Å². The van der Waals surface area contributed by atoms with Gasteiger partial charge in [-0.1, -0.05) is 35.4 Å². The predicted molar refractivity (Wildman–Crippen MR) is 147 cm³/mol. The Morgan fingerprint density at radius 2 is 1.86 bits per heavy atom. The monoisotopic (exact) mass is 531 g/mol. The molecule has 0 bridgehead atoms. The summed E-state index contributed by atoms with van der Waals surface area (Å²) in [5.41, 5.74) is 3.80. The summed E-state index contributed by atoms with van der Waals surface area (Å²) >= 11 is 7.66. The Labute approximate surface area is 223 Å². The molecule has 2 aliphatic heterocycles. The number of benzene rings is 2. The second-order valence-electron chi connectivity index (χ2n) is 8.32. The highest BCUT2D eigenvalue weighted by Gasteiger charge is 2.36. The zero-order valence-corrected chi connectivity index (χ0v) is 21.6. The van der Waals surface area contributed by atoms with Gasteiger partial charge in [-0.05, 0) is 73.1 Å². The maximum absolute atomic E-state index is 12.7. The number of nitrogens with zero attached hydrogens (tertiary/aromatic N) is 4. The molecule has 0 atom stereocenters. The van der Waals surface area contributed by atoms with E-state index in [-0.39, 0.29) is 11.4 Å². The first kappa shape index (κ1) is 24.7. The molecule has 37 heavy (non-hydrogen) atoms. The molecule has 0 fully saturated rings. The van der Waals surface area contributed by atoms with Crippen LogP contribution in [0.15, 0.2) is 76.6 Å². The molecule has 1 amide bonds. The third kappa shape index (κ3) is 5.42. The number of halogens is 1. The van der Waals surface area contributed by atoms with Gasteiger partial charge in [0, 0.05) is 18.0 Å². The molecule has 1 N–H and O–H groups in total. The molecular weight excluding hydrogens is 510 g/mol. The first-order valence-electron chi connectivity index (χ1n) is 11.4. The van der Waals surface area contributed by atoms with Crippen LogP contribution in [0.2, 0.25) is 5.02 Å². The van der Waals surface area contributed by atoms with E-state index in [2.05, 4.69) is 21.1 Å². The first-order chi connectivity index (χ1) is 17.9. The van der Waals surface area contributed by atoms with Crippen molar-refractivity contribution in [2.24, 2.45) is 10.1 Å². The Morgan fingerprint density at radius 1 is 1.08 bits per heavy atom. The molecule has 0 saturated heterocycles. The number of hydrogen-bond donors (Lipinski definition) is 1. The molecule has 10 heteroatoms. The second kappa shape index (κ2) is 10.6. The molecule has 0 radical (unpaired) electrons. The van der Waals surface area contributed by atoms with Crippen LogP contribution in [0.4, 0.5) is 0 Å². The van der Waals surface area contributed by atoms with Crippen LogP contribution in [0.1, 0.15) is 22.3 Å². The van der Waals surface area contributed by atoms with Crippen molar-refractivity contribution < 1.29 is 14.3 Å². The number of hydrazone groups is 1. The lowest BCUT2D eigenvalue weighted by Crippen LogP contribution is -2.35. The number of carbonyl (C=O) groups is 1. The van der Waals surface area contributed by atoms with Crippen molar-refractivity contribution in [2.75, 3.05) is 13.2 Å². The minimum atomic E-state index is -0.508. The van der Waals surface area contributed by atoms with Crippen LogP contribution in [-0.2, 0) is 4.79 Å². The number of ether oxygens (including phenoxy) is 2. The normalized spacial score (nSPS) is 16.0. The highest BCUT2D eigenvalue weighted by atomic mass is 35.5. The average Bonchev–Trinajstić information content (AvgIpc) is 3.31. The highest BCUT2D eigenvalue weighted by Crippen LogP contribution is 2.32. The number of amidine groups is 2. The van der Waals surface area contributed by atoms with Gasteiger partial charge in [-0.15, -0.1) is 0 Å². The zero-order chi connectivity index (χ0) is 25.9. The fourth-order valence-electron chi connectivity index (χ4n) is 3.75. The largest absolute Gasteiger partial charge is 0.490 e. The van der Waals surface area contributed by atoms with Crippen LogP contribution in [-0.4, -0.2) is 45.2 Å². The molecule has 0 saturated carbocycles. The number of hydrogen-bond acceptors (Lipinski definition) is 7. The van der Waals surface area contributed by atoms with Gasteiger partial charge in [-0.3, -0.25) is 15.2 Å². The molecule has 1 aromatic heterocycles. The molecule has 0 aliphatic carbocycles. The summed E-state index contributed by atoms with van der Waals surface area (Å²) in [6.45, 7) is 4.73. The van der Waals surface area contributed by atoms with Crippen molar-refractivity contribution in [3.63, 3.8) is 0 Å². The fourth-order valence-corrected chi connectivity index (χ4v) is 4.88. The quantitative estimate of drug-likeness (QED) is 0.320. The fraction of sp³-hybridized carbons (Fsp3) is 0.148. The SMILES string of the molecule is Cc1ccc(OCCOc2ccc(C=C3C(=N)N4N=C(c5cccnc5)SC4=NC3=O)cc2Cl)c(C)c1. The van der Waals surface area contributed by atoms with Gasteiger partial charge in [0.1, 0.15) is 29.8 Å². The van der Waals surface area contributed by atoms with E-state index in [0.29, 0.717) is 39.8 Å². The highest BCUT2D eigenvalue weighted by molar-refractivity contribution is 8.27. The second-order valence-corrected chi connectivity index (χ2v) is 9.69. The third-order valence-electron chi connectivity index (χ3n) is 5.56. The topological polar surface area (TPSA) is 100 Å². The molecule has 3 aromatic rings. The van der Waals surface area contributed by atoms with E-state index in [9.17, 15) is 4.79 Å². The summed E-state index contributed by atoms with van der Waals surface area (Å²) in [7, 11) is 0. The minimum absolute atomic E-state index is 0.0543. The number of aromatic nitrogens is 1. The lowest BCUT2D eigenvalue weighted by Gasteiger charge is -2.20. The molecule has 2 aliphatic rings. The maximum atomic E-state index is 12.7. The van der Waals surface area contributed by atoms with Gasteiger partial charge in [0.25, 0.3) is 5.91 Å². The lowest BCUT2D eigenvalue weighted by molar-refractivity contribution is -0.114. The zero-order valence-electron chi connectivity index (χ0n) is 20.1. The number of aliphatic imine (C=N–C) groups is 1. The molecule has 0 spiro atoms. The van der Waals surface area contributed by atoms with Crippen LogP contribution in [0.5, 0.6) is 11.5 Å². The number of pyridine rings is 1. The maximum Gasteiger partial charge on any atom is 0.283 e. The number of amides is 1. The van der Waals surface area contributed by atoms with E-state index in [0.717, 1.165) is 16.9 Å². The number of fused-ring (bicyclic) bond motifs is 1. The van der Waals surface area contributed by atoms with Crippen LogP contribution in [0.25, 0.3) is 6.08 Å². The van der Waals surface area contributed by atoms with Crippen LogP contribution >= 0.6 is 23.4 Å². The van der Waals surface area contributed by atoms with E-state index < -0.39 is 5.91 Å². The smallest absolute Gasteiger partial charge is 0.283 e. The van der Waals surface area contributed by atoms with Crippen molar-refractivity contribution >= 4 is 51.4 Å². The number of thioether (sulfide) groups is 1.